The summed E-state index contributed by atoms with van der Waals surface area (Å²) in [6, 6.07) is 14.4. The number of hydrogen-bond donors (Lipinski definition) is 1. The van der Waals surface area contributed by atoms with E-state index in [4.69, 9.17) is 21.1 Å². The lowest BCUT2D eigenvalue weighted by Crippen LogP contribution is -2.13. The van der Waals surface area contributed by atoms with Crippen LogP contribution in [-0.2, 0) is 21.2 Å². The predicted octanol–water partition coefficient (Wildman–Crippen LogP) is 3.73. The molecule has 1 aromatic heterocycles. The standard InChI is InChI=1S/C21H17ClN4O5S2/c1-30-17-10-14(9-16(22)18(17)31-12-13-6-4-3-5-7-13)8-15(11-23)19(27)24-20-25-21(26-32-20)33(2,28)29/h3-10H,12H2,1-2H3,(H,24,25,26,27). The highest BCUT2D eigenvalue weighted by Crippen LogP contribution is 2.37. The van der Waals surface area contributed by atoms with Crippen LogP contribution in [0.15, 0.2) is 53.2 Å². The fourth-order valence-corrected chi connectivity index (χ4v) is 4.30. The van der Waals surface area contributed by atoms with E-state index in [0.29, 0.717) is 28.6 Å². The first-order chi connectivity index (χ1) is 15.7. The maximum Gasteiger partial charge on any atom is 0.268 e. The molecule has 0 saturated heterocycles. The second-order valence-corrected chi connectivity index (χ2v) is 9.66. The number of halogens is 1. The Morgan fingerprint density at radius 2 is 2.03 bits per heavy atom. The number of benzene rings is 2. The summed E-state index contributed by atoms with van der Waals surface area (Å²) in [4.78, 5) is 16.2. The van der Waals surface area contributed by atoms with Crippen LogP contribution in [0.5, 0.6) is 11.5 Å². The van der Waals surface area contributed by atoms with Gasteiger partial charge in [0.1, 0.15) is 18.2 Å². The molecular weight excluding hydrogens is 488 g/mol. The topological polar surface area (TPSA) is 131 Å². The number of nitriles is 1. The van der Waals surface area contributed by atoms with Gasteiger partial charge in [-0.3, -0.25) is 10.1 Å². The van der Waals surface area contributed by atoms with Crippen LogP contribution in [0.1, 0.15) is 11.1 Å². The third kappa shape index (κ3) is 6.29. The fourth-order valence-electron chi connectivity index (χ4n) is 2.58. The van der Waals surface area contributed by atoms with Gasteiger partial charge in [-0.25, -0.2) is 8.42 Å². The number of carbonyl (C=O) groups is 1. The summed E-state index contributed by atoms with van der Waals surface area (Å²) in [5.41, 5.74) is 1.10. The van der Waals surface area contributed by atoms with E-state index >= 15 is 0 Å². The molecule has 0 saturated carbocycles. The van der Waals surface area contributed by atoms with Crippen molar-refractivity contribution >= 4 is 50.1 Å². The molecule has 1 heterocycles. The van der Waals surface area contributed by atoms with E-state index in [9.17, 15) is 18.5 Å². The second-order valence-electron chi connectivity index (χ2n) is 6.59. The van der Waals surface area contributed by atoms with Gasteiger partial charge in [-0.05, 0) is 29.3 Å². The van der Waals surface area contributed by atoms with E-state index in [1.807, 2.05) is 30.3 Å². The average Bonchev–Trinajstić information content (AvgIpc) is 3.26. The number of hydrogen-bond acceptors (Lipinski definition) is 9. The molecule has 12 heteroatoms. The van der Waals surface area contributed by atoms with Gasteiger partial charge in [0, 0.05) is 17.8 Å². The van der Waals surface area contributed by atoms with Crippen molar-refractivity contribution in [2.45, 2.75) is 11.8 Å². The summed E-state index contributed by atoms with van der Waals surface area (Å²) in [6.45, 7) is 0.273. The summed E-state index contributed by atoms with van der Waals surface area (Å²) in [5.74, 6) is -0.136. The highest BCUT2D eigenvalue weighted by atomic mass is 35.5. The summed E-state index contributed by atoms with van der Waals surface area (Å²) in [6.07, 6.45) is 2.26. The number of nitrogens with one attached hydrogen (secondary N) is 1. The fraction of sp³-hybridized carbons (Fsp3) is 0.143. The molecule has 0 fully saturated rings. The number of carbonyl (C=O) groups excluding carboxylic acids is 1. The predicted molar refractivity (Wildman–Crippen MR) is 124 cm³/mol. The third-order valence-electron chi connectivity index (χ3n) is 4.11. The molecule has 0 radical (unpaired) electrons. The highest BCUT2D eigenvalue weighted by Gasteiger charge is 2.18. The van der Waals surface area contributed by atoms with Gasteiger partial charge in [-0.2, -0.15) is 14.6 Å². The van der Waals surface area contributed by atoms with Crippen LogP contribution in [0.2, 0.25) is 5.02 Å². The molecule has 1 amide bonds. The second kappa shape index (κ2) is 10.4. The van der Waals surface area contributed by atoms with Crippen molar-refractivity contribution in [2.24, 2.45) is 0 Å². The zero-order valence-corrected chi connectivity index (χ0v) is 19.8. The smallest absolute Gasteiger partial charge is 0.268 e. The normalized spacial score (nSPS) is 11.5. The summed E-state index contributed by atoms with van der Waals surface area (Å²) >= 11 is 7.06. The number of nitrogens with zero attached hydrogens (tertiary/aromatic N) is 3. The van der Waals surface area contributed by atoms with Crippen LogP contribution in [0.4, 0.5) is 5.13 Å². The minimum atomic E-state index is -3.61. The molecule has 33 heavy (non-hydrogen) atoms. The maximum absolute atomic E-state index is 12.5. The quantitative estimate of drug-likeness (QED) is 0.362. The monoisotopic (exact) mass is 504 g/mol. The van der Waals surface area contributed by atoms with Gasteiger partial charge in [-0.15, -0.1) is 0 Å². The van der Waals surface area contributed by atoms with E-state index in [1.54, 1.807) is 12.1 Å². The molecule has 0 spiro atoms. The SMILES string of the molecule is COc1cc(C=C(C#N)C(=O)Nc2nc(S(C)(=O)=O)ns2)cc(Cl)c1OCc1ccccc1. The number of amides is 1. The number of methoxy groups -OCH3 is 1. The molecular formula is C21H17ClN4O5S2. The molecule has 170 valence electrons. The van der Waals surface area contributed by atoms with Gasteiger partial charge in [0.05, 0.1) is 12.1 Å². The molecule has 0 atom stereocenters. The average molecular weight is 505 g/mol. The Bertz CT molecular complexity index is 1350. The molecule has 9 nitrogen and oxygen atoms in total. The van der Waals surface area contributed by atoms with Gasteiger partial charge in [-0.1, -0.05) is 41.9 Å². The number of sulfone groups is 1. The van der Waals surface area contributed by atoms with Gasteiger partial charge in [0.15, 0.2) is 11.5 Å². The lowest BCUT2D eigenvalue weighted by Gasteiger charge is -2.13. The van der Waals surface area contributed by atoms with Gasteiger partial charge in [0.25, 0.3) is 11.1 Å². The first-order valence-corrected chi connectivity index (χ1v) is 12.3. The van der Waals surface area contributed by atoms with E-state index in [2.05, 4.69) is 14.7 Å². The highest BCUT2D eigenvalue weighted by molar-refractivity contribution is 7.90. The molecule has 3 rings (SSSR count). The Kier molecular flexibility index (Phi) is 7.65. The molecule has 2 aromatic carbocycles. The van der Waals surface area contributed by atoms with Gasteiger partial charge < -0.3 is 9.47 Å². The number of rotatable bonds is 8. The largest absolute Gasteiger partial charge is 0.493 e. The van der Waals surface area contributed by atoms with Crippen molar-refractivity contribution in [3.8, 4) is 17.6 Å². The van der Waals surface area contributed by atoms with E-state index in [-0.39, 0.29) is 22.3 Å². The molecule has 0 aliphatic heterocycles. The van der Waals surface area contributed by atoms with Crippen LogP contribution in [0.25, 0.3) is 6.08 Å². The van der Waals surface area contributed by atoms with E-state index in [0.717, 1.165) is 11.8 Å². The first-order valence-electron chi connectivity index (χ1n) is 9.22. The van der Waals surface area contributed by atoms with Crippen LogP contribution >= 0.6 is 23.1 Å². The van der Waals surface area contributed by atoms with Crippen LogP contribution in [0, 0.1) is 11.3 Å². The van der Waals surface area contributed by atoms with Crippen LogP contribution < -0.4 is 14.8 Å². The Balaban J connectivity index is 1.81. The van der Waals surface area contributed by atoms with Crippen LogP contribution in [-0.4, -0.2) is 37.0 Å². The lowest BCUT2D eigenvalue weighted by molar-refractivity contribution is -0.112. The number of anilines is 1. The van der Waals surface area contributed by atoms with E-state index < -0.39 is 20.9 Å². The zero-order valence-electron chi connectivity index (χ0n) is 17.4. The van der Waals surface area contributed by atoms with Crippen molar-refractivity contribution in [3.63, 3.8) is 0 Å². The lowest BCUT2D eigenvalue weighted by atomic mass is 10.1. The number of ether oxygens (including phenoxy) is 2. The van der Waals surface area contributed by atoms with Crippen molar-refractivity contribution < 1.29 is 22.7 Å². The zero-order chi connectivity index (χ0) is 24.0. The van der Waals surface area contributed by atoms with E-state index in [1.165, 1.54) is 19.3 Å². The van der Waals surface area contributed by atoms with Crippen molar-refractivity contribution in [1.29, 1.82) is 5.26 Å². The molecule has 3 aromatic rings. The Morgan fingerprint density at radius 1 is 1.30 bits per heavy atom. The van der Waals surface area contributed by atoms with Crippen LogP contribution in [0.3, 0.4) is 0 Å². The molecule has 1 N–H and O–H groups in total. The van der Waals surface area contributed by atoms with Crippen molar-refractivity contribution in [3.05, 3.63) is 64.2 Å². The molecule has 0 unspecified atom stereocenters. The Morgan fingerprint density at radius 3 is 2.64 bits per heavy atom. The first kappa shape index (κ1) is 24.2. The maximum atomic E-state index is 12.5. The Hall–Kier alpha value is -3.46. The van der Waals surface area contributed by atoms with Crippen molar-refractivity contribution in [1.82, 2.24) is 9.36 Å². The van der Waals surface area contributed by atoms with Gasteiger partial charge in [0.2, 0.25) is 15.0 Å². The summed E-state index contributed by atoms with van der Waals surface area (Å²) < 4.78 is 37.8. The Labute approximate surface area is 199 Å². The van der Waals surface area contributed by atoms with Crippen molar-refractivity contribution in [2.75, 3.05) is 18.7 Å². The minimum absolute atomic E-state index is 0.0538. The summed E-state index contributed by atoms with van der Waals surface area (Å²) in [7, 11) is -2.17. The minimum Gasteiger partial charge on any atom is -0.493 e. The molecule has 0 bridgehead atoms. The molecule has 0 aliphatic carbocycles. The third-order valence-corrected chi connectivity index (χ3v) is 5.99. The molecule has 0 aliphatic rings. The number of aromatic nitrogens is 2. The van der Waals surface area contributed by atoms with Gasteiger partial charge >= 0.3 is 0 Å². The summed E-state index contributed by atoms with van der Waals surface area (Å²) in [5, 5.41) is 11.6.